The Morgan fingerprint density at radius 1 is 1.15 bits per heavy atom. The van der Waals surface area contributed by atoms with Crippen molar-refractivity contribution >= 4 is 23.2 Å². The molecule has 0 aromatic heterocycles. The van der Waals surface area contributed by atoms with Crippen molar-refractivity contribution in [3.63, 3.8) is 0 Å². The maximum atomic E-state index is 13.7. The van der Waals surface area contributed by atoms with Gasteiger partial charge in [-0.2, -0.15) is 0 Å². The average molecular weight is 311 g/mol. The minimum atomic E-state index is -1.03. The topological polar surface area (TPSA) is 20.2 Å². The number of benzene rings is 2. The largest absolute Gasteiger partial charge is 0.385 e. The molecule has 0 amide bonds. The zero-order chi connectivity index (χ0) is 14.3. The van der Waals surface area contributed by atoms with Gasteiger partial charge in [-0.25, -0.2) is 4.39 Å². The minimum Gasteiger partial charge on any atom is -0.385 e. The number of hydrogen-bond donors (Lipinski definition) is 1. The van der Waals surface area contributed by atoms with Crippen LogP contribution in [-0.4, -0.2) is 5.11 Å². The summed E-state index contributed by atoms with van der Waals surface area (Å²) < 4.78 is 13.7. The van der Waals surface area contributed by atoms with Crippen molar-refractivity contribution in [3.05, 3.63) is 69.0 Å². The van der Waals surface area contributed by atoms with Crippen LogP contribution in [0.3, 0.4) is 0 Å². The second kappa shape index (κ2) is 5.03. The molecular formula is C16H13Cl2FO. The van der Waals surface area contributed by atoms with Gasteiger partial charge in [0.15, 0.2) is 0 Å². The number of rotatable bonds is 2. The highest BCUT2D eigenvalue weighted by Gasteiger charge is 2.38. The van der Waals surface area contributed by atoms with Gasteiger partial charge in [0.25, 0.3) is 0 Å². The highest BCUT2D eigenvalue weighted by molar-refractivity contribution is 6.42. The zero-order valence-electron chi connectivity index (χ0n) is 10.7. The molecule has 4 heteroatoms. The van der Waals surface area contributed by atoms with Gasteiger partial charge in [-0.15, -0.1) is 0 Å². The van der Waals surface area contributed by atoms with Crippen molar-refractivity contribution in [2.75, 3.05) is 0 Å². The number of hydrogen-bond acceptors (Lipinski definition) is 1. The Balaban J connectivity index is 1.96. The van der Waals surface area contributed by atoms with Crippen molar-refractivity contribution in [1.29, 1.82) is 0 Å². The van der Waals surface area contributed by atoms with Crippen molar-refractivity contribution in [2.45, 2.75) is 24.9 Å². The summed E-state index contributed by atoms with van der Waals surface area (Å²) in [5, 5.41) is 11.8. The Bertz CT molecular complexity index is 672. The Morgan fingerprint density at radius 3 is 2.70 bits per heavy atom. The van der Waals surface area contributed by atoms with E-state index in [-0.39, 0.29) is 5.82 Å². The fourth-order valence-electron chi connectivity index (χ4n) is 2.89. The van der Waals surface area contributed by atoms with Gasteiger partial charge < -0.3 is 5.11 Å². The summed E-state index contributed by atoms with van der Waals surface area (Å²) in [5.41, 5.74) is 1.16. The third kappa shape index (κ3) is 2.32. The lowest BCUT2D eigenvalue weighted by Crippen LogP contribution is -2.25. The van der Waals surface area contributed by atoms with E-state index in [0.29, 0.717) is 40.4 Å². The summed E-state index contributed by atoms with van der Waals surface area (Å²) in [7, 11) is 0. The van der Waals surface area contributed by atoms with E-state index in [1.165, 1.54) is 6.07 Å². The maximum Gasteiger partial charge on any atom is 0.126 e. The van der Waals surface area contributed by atoms with Crippen LogP contribution in [-0.2, 0) is 18.4 Å². The Morgan fingerprint density at radius 2 is 1.95 bits per heavy atom. The third-order valence-corrected chi connectivity index (χ3v) is 4.63. The monoisotopic (exact) mass is 310 g/mol. The van der Waals surface area contributed by atoms with Gasteiger partial charge in [0.2, 0.25) is 0 Å². The SMILES string of the molecule is OC1(Cc2ccc(Cl)c(Cl)c2)CCc2c(F)cccc21. The first kappa shape index (κ1) is 13.9. The van der Waals surface area contributed by atoms with E-state index in [0.717, 1.165) is 5.56 Å². The maximum absolute atomic E-state index is 13.7. The molecule has 1 atom stereocenters. The zero-order valence-corrected chi connectivity index (χ0v) is 12.2. The molecule has 0 spiro atoms. The van der Waals surface area contributed by atoms with Crippen LogP contribution in [0, 0.1) is 5.82 Å². The summed E-state index contributed by atoms with van der Waals surface area (Å²) in [6.45, 7) is 0. The minimum absolute atomic E-state index is 0.243. The first-order valence-corrected chi connectivity index (χ1v) is 7.19. The summed E-state index contributed by atoms with van der Waals surface area (Å²) in [6.07, 6.45) is 1.48. The fraction of sp³-hybridized carbons (Fsp3) is 0.250. The molecule has 0 heterocycles. The molecule has 0 saturated heterocycles. The molecule has 104 valence electrons. The second-order valence-corrected chi connectivity index (χ2v) is 6.04. The Labute approximate surface area is 127 Å². The lowest BCUT2D eigenvalue weighted by Gasteiger charge is -2.24. The number of fused-ring (bicyclic) bond motifs is 1. The first-order chi connectivity index (χ1) is 9.49. The molecule has 0 radical (unpaired) electrons. The Hall–Kier alpha value is -1.09. The van der Waals surface area contributed by atoms with Gasteiger partial charge >= 0.3 is 0 Å². The normalized spacial score (nSPS) is 21.0. The van der Waals surface area contributed by atoms with Crippen molar-refractivity contribution in [3.8, 4) is 0 Å². The fourth-order valence-corrected chi connectivity index (χ4v) is 3.21. The molecule has 0 bridgehead atoms. The number of halogens is 3. The van der Waals surface area contributed by atoms with Crippen LogP contribution in [0.15, 0.2) is 36.4 Å². The molecular weight excluding hydrogens is 298 g/mol. The van der Waals surface area contributed by atoms with E-state index in [2.05, 4.69) is 0 Å². The smallest absolute Gasteiger partial charge is 0.126 e. The molecule has 1 aliphatic rings. The van der Waals surface area contributed by atoms with Gasteiger partial charge in [-0.3, -0.25) is 0 Å². The predicted octanol–water partition coefficient (Wildman–Crippen LogP) is 4.51. The van der Waals surface area contributed by atoms with Crippen molar-refractivity contribution < 1.29 is 9.50 Å². The Kier molecular flexibility index (Phi) is 3.49. The molecule has 3 rings (SSSR count). The lowest BCUT2D eigenvalue weighted by molar-refractivity contribution is 0.0389. The second-order valence-electron chi connectivity index (χ2n) is 5.22. The van der Waals surface area contributed by atoms with E-state index in [9.17, 15) is 9.50 Å². The molecule has 1 nitrogen and oxygen atoms in total. The summed E-state index contributed by atoms with van der Waals surface area (Å²) >= 11 is 11.9. The predicted molar refractivity (Wildman–Crippen MR) is 78.8 cm³/mol. The highest BCUT2D eigenvalue weighted by atomic mass is 35.5. The molecule has 1 N–H and O–H groups in total. The van der Waals surface area contributed by atoms with Gasteiger partial charge in [-0.05, 0) is 47.7 Å². The molecule has 2 aromatic carbocycles. The van der Waals surface area contributed by atoms with Gasteiger partial charge in [-0.1, -0.05) is 41.4 Å². The van der Waals surface area contributed by atoms with Crippen molar-refractivity contribution in [1.82, 2.24) is 0 Å². The lowest BCUT2D eigenvalue weighted by atomic mass is 9.89. The molecule has 1 unspecified atom stereocenters. The van der Waals surface area contributed by atoms with E-state index in [4.69, 9.17) is 23.2 Å². The van der Waals surface area contributed by atoms with Gasteiger partial charge in [0.05, 0.1) is 15.6 Å². The van der Waals surface area contributed by atoms with E-state index >= 15 is 0 Å². The van der Waals surface area contributed by atoms with Crippen LogP contribution in [0.1, 0.15) is 23.1 Å². The van der Waals surface area contributed by atoms with E-state index < -0.39 is 5.60 Å². The van der Waals surface area contributed by atoms with Crippen LogP contribution in [0.4, 0.5) is 4.39 Å². The van der Waals surface area contributed by atoms with Crippen LogP contribution >= 0.6 is 23.2 Å². The molecule has 20 heavy (non-hydrogen) atoms. The molecule has 0 aliphatic heterocycles. The molecule has 2 aromatic rings. The quantitative estimate of drug-likeness (QED) is 0.865. The summed E-state index contributed by atoms with van der Waals surface area (Å²) in [4.78, 5) is 0. The third-order valence-electron chi connectivity index (χ3n) is 3.89. The first-order valence-electron chi connectivity index (χ1n) is 6.44. The van der Waals surface area contributed by atoms with Gasteiger partial charge in [0, 0.05) is 6.42 Å². The van der Waals surface area contributed by atoms with E-state index in [1.54, 1.807) is 24.3 Å². The average Bonchev–Trinajstić information content (AvgIpc) is 2.73. The van der Waals surface area contributed by atoms with Crippen LogP contribution < -0.4 is 0 Å². The number of aliphatic hydroxyl groups is 1. The van der Waals surface area contributed by atoms with Gasteiger partial charge in [0.1, 0.15) is 5.82 Å². The molecule has 0 fully saturated rings. The highest BCUT2D eigenvalue weighted by Crippen LogP contribution is 2.40. The van der Waals surface area contributed by atoms with Crippen molar-refractivity contribution in [2.24, 2.45) is 0 Å². The summed E-state index contributed by atoms with van der Waals surface area (Å²) in [5.74, 6) is -0.243. The van der Waals surface area contributed by atoms with Crippen LogP contribution in [0.2, 0.25) is 10.0 Å². The van der Waals surface area contributed by atoms with E-state index in [1.807, 2.05) is 6.07 Å². The molecule has 1 aliphatic carbocycles. The molecule has 0 saturated carbocycles. The standard InChI is InChI=1S/C16H13Cl2FO/c17-13-5-4-10(8-14(13)18)9-16(20)7-6-11-12(16)2-1-3-15(11)19/h1-5,8,20H,6-7,9H2. The van der Waals surface area contributed by atoms with Crippen LogP contribution in [0.25, 0.3) is 0 Å². The van der Waals surface area contributed by atoms with Crippen LogP contribution in [0.5, 0.6) is 0 Å². The summed E-state index contributed by atoms with van der Waals surface area (Å²) in [6, 6.07) is 10.2.